The summed E-state index contributed by atoms with van der Waals surface area (Å²) in [5.41, 5.74) is 0. The van der Waals surface area contributed by atoms with Gasteiger partial charge >= 0.3 is 0 Å². The van der Waals surface area contributed by atoms with Gasteiger partial charge < -0.3 is 5.32 Å². The Morgan fingerprint density at radius 1 is 1.37 bits per heavy atom. The van der Waals surface area contributed by atoms with Crippen LogP contribution in [0.25, 0.3) is 0 Å². The average Bonchev–Trinajstić information content (AvgIpc) is 2.36. The molecule has 5 nitrogen and oxygen atoms in total. The Morgan fingerprint density at radius 3 is 2.58 bits per heavy atom. The van der Waals surface area contributed by atoms with Crippen molar-refractivity contribution in [2.24, 2.45) is 0 Å². The van der Waals surface area contributed by atoms with Crippen molar-refractivity contribution in [3.05, 3.63) is 18.3 Å². The third kappa shape index (κ3) is 3.91. The van der Waals surface area contributed by atoms with Gasteiger partial charge in [0.05, 0.1) is 4.90 Å². The molecular formula is C13H23N3O2S. The number of nitrogens with zero attached hydrogens (tertiary/aromatic N) is 2. The van der Waals surface area contributed by atoms with E-state index in [2.05, 4.69) is 10.3 Å². The quantitative estimate of drug-likeness (QED) is 0.835. The van der Waals surface area contributed by atoms with Crippen LogP contribution < -0.4 is 5.32 Å². The Kier molecular flexibility index (Phi) is 5.75. The second-order valence-corrected chi connectivity index (χ2v) is 6.51. The first-order valence-electron chi connectivity index (χ1n) is 6.65. The van der Waals surface area contributed by atoms with Crippen LogP contribution in [0.15, 0.2) is 23.2 Å². The second-order valence-electron chi connectivity index (χ2n) is 4.62. The molecule has 0 amide bonds. The van der Waals surface area contributed by atoms with Gasteiger partial charge in [-0.15, -0.1) is 0 Å². The fourth-order valence-electron chi connectivity index (χ4n) is 1.86. The van der Waals surface area contributed by atoms with E-state index in [0.717, 1.165) is 6.42 Å². The van der Waals surface area contributed by atoms with E-state index in [1.54, 1.807) is 12.1 Å². The molecule has 0 aliphatic heterocycles. The van der Waals surface area contributed by atoms with Crippen molar-refractivity contribution in [1.29, 1.82) is 0 Å². The average molecular weight is 285 g/mol. The first-order chi connectivity index (χ1) is 8.93. The molecule has 1 rings (SSSR count). The molecule has 1 aromatic rings. The van der Waals surface area contributed by atoms with Gasteiger partial charge in [-0.3, -0.25) is 0 Å². The van der Waals surface area contributed by atoms with E-state index in [1.807, 2.05) is 27.7 Å². The number of rotatable bonds is 7. The number of aromatic nitrogens is 1. The third-order valence-electron chi connectivity index (χ3n) is 2.72. The van der Waals surface area contributed by atoms with Crippen molar-refractivity contribution in [2.45, 2.75) is 45.1 Å². The number of hydrogen-bond acceptors (Lipinski definition) is 4. The van der Waals surface area contributed by atoms with Crippen LogP contribution in [0.2, 0.25) is 0 Å². The zero-order valence-electron chi connectivity index (χ0n) is 12.0. The minimum Gasteiger partial charge on any atom is -0.370 e. The predicted molar refractivity (Wildman–Crippen MR) is 77.7 cm³/mol. The Balaban J connectivity index is 3.13. The van der Waals surface area contributed by atoms with Crippen molar-refractivity contribution in [2.75, 3.05) is 18.4 Å². The molecule has 0 radical (unpaired) electrons. The smallest absolute Gasteiger partial charge is 0.243 e. The summed E-state index contributed by atoms with van der Waals surface area (Å²) in [5.74, 6) is 0.587. The van der Waals surface area contributed by atoms with Crippen LogP contribution in [0.4, 0.5) is 5.82 Å². The Hall–Kier alpha value is -1.14. The van der Waals surface area contributed by atoms with E-state index in [9.17, 15) is 8.42 Å². The molecule has 0 saturated carbocycles. The van der Waals surface area contributed by atoms with Gasteiger partial charge in [-0.05, 0) is 33.3 Å². The van der Waals surface area contributed by atoms with Gasteiger partial charge in [-0.25, -0.2) is 13.4 Å². The Morgan fingerprint density at radius 2 is 2.05 bits per heavy atom. The Bertz CT molecular complexity index is 500. The topological polar surface area (TPSA) is 62.3 Å². The minimum absolute atomic E-state index is 0.0549. The monoisotopic (exact) mass is 285 g/mol. The van der Waals surface area contributed by atoms with Gasteiger partial charge in [0.1, 0.15) is 5.82 Å². The van der Waals surface area contributed by atoms with Gasteiger partial charge in [-0.2, -0.15) is 4.31 Å². The van der Waals surface area contributed by atoms with Crippen molar-refractivity contribution in [3.8, 4) is 0 Å². The molecule has 19 heavy (non-hydrogen) atoms. The predicted octanol–water partition coefficient (Wildman–Crippen LogP) is 2.32. The number of sulfonamides is 1. The van der Waals surface area contributed by atoms with Gasteiger partial charge in [0.15, 0.2) is 0 Å². The largest absolute Gasteiger partial charge is 0.370 e. The van der Waals surface area contributed by atoms with Gasteiger partial charge in [0, 0.05) is 31.4 Å². The minimum atomic E-state index is -3.45. The van der Waals surface area contributed by atoms with Gasteiger partial charge in [0.25, 0.3) is 0 Å². The highest BCUT2D eigenvalue weighted by Crippen LogP contribution is 2.20. The van der Waals surface area contributed by atoms with Crippen LogP contribution in [0.1, 0.15) is 34.1 Å². The standard InChI is InChI=1S/C13H23N3O2S/c1-5-9-16(11(3)4)19(17,18)12-7-8-15-13(10-12)14-6-2/h7-8,10-11H,5-6,9H2,1-4H3,(H,14,15). The summed E-state index contributed by atoms with van der Waals surface area (Å²) < 4.78 is 26.7. The van der Waals surface area contributed by atoms with Crippen LogP contribution in [0.5, 0.6) is 0 Å². The summed E-state index contributed by atoms with van der Waals surface area (Å²) in [5, 5.41) is 3.03. The van der Waals surface area contributed by atoms with Crippen LogP contribution in [0.3, 0.4) is 0 Å². The lowest BCUT2D eigenvalue weighted by molar-refractivity contribution is 0.354. The molecule has 6 heteroatoms. The summed E-state index contributed by atoms with van der Waals surface area (Å²) in [6.07, 6.45) is 2.32. The lowest BCUT2D eigenvalue weighted by atomic mass is 10.4. The molecule has 0 atom stereocenters. The molecule has 0 bridgehead atoms. The van der Waals surface area contributed by atoms with E-state index >= 15 is 0 Å². The SMILES string of the molecule is CCCN(C(C)C)S(=O)(=O)c1ccnc(NCC)c1. The highest BCUT2D eigenvalue weighted by molar-refractivity contribution is 7.89. The van der Waals surface area contributed by atoms with E-state index in [-0.39, 0.29) is 6.04 Å². The number of nitrogens with one attached hydrogen (secondary N) is 1. The maximum absolute atomic E-state index is 12.6. The Labute approximate surface area is 116 Å². The van der Waals surface area contributed by atoms with Crippen LogP contribution >= 0.6 is 0 Å². The number of anilines is 1. The molecule has 108 valence electrons. The summed E-state index contributed by atoms with van der Waals surface area (Å²) in [7, 11) is -3.45. The van der Waals surface area contributed by atoms with Crippen molar-refractivity contribution < 1.29 is 8.42 Å². The zero-order valence-corrected chi connectivity index (χ0v) is 12.9. The van der Waals surface area contributed by atoms with Gasteiger partial charge in [-0.1, -0.05) is 6.92 Å². The van der Waals surface area contributed by atoms with Crippen molar-refractivity contribution in [1.82, 2.24) is 9.29 Å². The van der Waals surface area contributed by atoms with E-state index in [4.69, 9.17) is 0 Å². The van der Waals surface area contributed by atoms with Crippen LogP contribution in [0, 0.1) is 0 Å². The summed E-state index contributed by atoms with van der Waals surface area (Å²) in [4.78, 5) is 4.39. The van der Waals surface area contributed by atoms with E-state index in [1.165, 1.54) is 10.5 Å². The molecule has 0 aromatic carbocycles. The lowest BCUT2D eigenvalue weighted by Gasteiger charge is -2.25. The number of pyridine rings is 1. The van der Waals surface area contributed by atoms with Crippen molar-refractivity contribution in [3.63, 3.8) is 0 Å². The molecule has 0 spiro atoms. The van der Waals surface area contributed by atoms with E-state index < -0.39 is 10.0 Å². The van der Waals surface area contributed by atoms with Crippen LogP contribution in [-0.4, -0.2) is 36.8 Å². The van der Waals surface area contributed by atoms with Crippen molar-refractivity contribution >= 4 is 15.8 Å². The molecule has 1 N–H and O–H groups in total. The molecule has 1 heterocycles. The summed E-state index contributed by atoms with van der Waals surface area (Å²) in [6, 6.07) is 3.08. The molecule has 1 aromatic heterocycles. The molecule has 0 aliphatic rings. The number of hydrogen-bond donors (Lipinski definition) is 1. The van der Waals surface area contributed by atoms with Crippen LogP contribution in [-0.2, 0) is 10.0 Å². The molecule has 0 aliphatic carbocycles. The fraction of sp³-hybridized carbons (Fsp3) is 0.615. The maximum atomic E-state index is 12.6. The maximum Gasteiger partial charge on any atom is 0.243 e. The second kappa shape index (κ2) is 6.86. The summed E-state index contributed by atoms with van der Waals surface area (Å²) >= 11 is 0. The molecule has 0 fully saturated rings. The van der Waals surface area contributed by atoms with E-state index in [0.29, 0.717) is 23.8 Å². The molecule has 0 unspecified atom stereocenters. The normalized spacial score (nSPS) is 12.1. The fourth-order valence-corrected chi connectivity index (χ4v) is 3.60. The molecule has 0 saturated heterocycles. The molecular weight excluding hydrogens is 262 g/mol. The first kappa shape index (κ1) is 15.9. The highest BCUT2D eigenvalue weighted by atomic mass is 32.2. The first-order valence-corrected chi connectivity index (χ1v) is 8.09. The third-order valence-corrected chi connectivity index (χ3v) is 4.79. The highest BCUT2D eigenvalue weighted by Gasteiger charge is 2.26. The summed E-state index contributed by atoms with van der Waals surface area (Å²) in [6.45, 7) is 8.93. The lowest BCUT2D eigenvalue weighted by Crippen LogP contribution is -2.37. The zero-order chi connectivity index (χ0) is 14.5. The van der Waals surface area contributed by atoms with Gasteiger partial charge in [0.2, 0.25) is 10.0 Å².